The molecule has 1 aromatic rings. The van der Waals surface area contributed by atoms with Crippen LogP contribution in [0.15, 0.2) is 24.4 Å². The van der Waals surface area contributed by atoms with Gasteiger partial charge in [0.25, 0.3) is 0 Å². The fourth-order valence-electron chi connectivity index (χ4n) is 1.60. The van der Waals surface area contributed by atoms with Crippen LogP contribution in [0.5, 0.6) is 0 Å². The van der Waals surface area contributed by atoms with Crippen molar-refractivity contribution in [3.05, 3.63) is 30.1 Å². The van der Waals surface area contributed by atoms with Gasteiger partial charge in [-0.15, -0.1) is 0 Å². The molecule has 0 aromatic carbocycles. The molecule has 1 heterocycles. The summed E-state index contributed by atoms with van der Waals surface area (Å²) in [5.41, 5.74) is 1.54. The van der Waals surface area contributed by atoms with Crippen LogP contribution >= 0.6 is 0 Å². The minimum Gasteiger partial charge on any atom is -0.312 e. The predicted molar refractivity (Wildman–Crippen MR) is 64.7 cm³/mol. The maximum Gasteiger partial charge on any atom is 0.0573 e. The summed E-state index contributed by atoms with van der Waals surface area (Å²) in [5.74, 6) is 0. The third-order valence-corrected chi connectivity index (χ3v) is 2.58. The van der Waals surface area contributed by atoms with E-state index in [9.17, 15) is 0 Å². The van der Waals surface area contributed by atoms with Crippen LogP contribution in [0.3, 0.4) is 0 Å². The van der Waals surface area contributed by atoms with Crippen molar-refractivity contribution in [3.63, 3.8) is 0 Å². The van der Waals surface area contributed by atoms with E-state index in [2.05, 4.69) is 37.1 Å². The summed E-state index contributed by atoms with van der Waals surface area (Å²) in [6.45, 7) is 6.83. The summed E-state index contributed by atoms with van der Waals surface area (Å²) < 4.78 is 0. The first-order chi connectivity index (χ1) is 7.03. The zero-order valence-corrected chi connectivity index (χ0v) is 10.2. The first-order valence-electron chi connectivity index (χ1n) is 5.61. The van der Waals surface area contributed by atoms with Gasteiger partial charge < -0.3 is 5.32 Å². The van der Waals surface area contributed by atoms with Gasteiger partial charge in [-0.05, 0) is 37.4 Å². The van der Waals surface area contributed by atoms with E-state index < -0.39 is 0 Å². The Morgan fingerprint density at radius 2 is 2.07 bits per heavy atom. The molecule has 0 fully saturated rings. The summed E-state index contributed by atoms with van der Waals surface area (Å²) in [4.78, 5) is 4.39. The molecule has 84 valence electrons. The number of nitrogens with one attached hydrogen (secondary N) is 1. The minimum absolute atomic E-state index is 0.380. The number of nitrogens with zero attached hydrogens (tertiary/aromatic N) is 1. The Kier molecular flexibility index (Phi) is 4.28. The van der Waals surface area contributed by atoms with Crippen LogP contribution in [-0.4, -0.2) is 12.0 Å². The molecule has 0 bridgehead atoms. The van der Waals surface area contributed by atoms with Crippen molar-refractivity contribution in [1.29, 1.82) is 0 Å². The minimum atomic E-state index is 0.380. The van der Waals surface area contributed by atoms with E-state index in [0.717, 1.165) is 12.1 Å². The van der Waals surface area contributed by atoms with E-state index in [1.165, 1.54) is 6.42 Å². The second kappa shape index (κ2) is 5.26. The molecule has 0 aliphatic carbocycles. The third-order valence-electron chi connectivity index (χ3n) is 2.58. The molecule has 15 heavy (non-hydrogen) atoms. The van der Waals surface area contributed by atoms with Crippen molar-refractivity contribution in [3.8, 4) is 0 Å². The lowest BCUT2D eigenvalue weighted by Gasteiger charge is -2.22. The van der Waals surface area contributed by atoms with E-state index in [4.69, 9.17) is 0 Å². The molecule has 1 N–H and O–H groups in total. The van der Waals surface area contributed by atoms with E-state index in [1.807, 2.05) is 25.4 Å². The van der Waals surface area contributed by atoms with Crippen molar-refractivity contribution < 1.29 is 0 Å². The largest absolute Gasteiger partial charge is 0.312 e. The maximum atomic E-state index is 4.39. The molecule has 0 aliphatic rings. The van der Waals surface area contributed by atoms with Crippen LogP contribution in [0, 0.1) is 5.41 Å². The standard InChI is InChI=1S/C13H22N2/c1-13(2,3)9-8-11(14-4)12-7-5-6-10-15-12/h5-7,10-11,14H,8-9H2,1-4H3. The molecule has 0 radical (unpaired) electrons. The molecule has 1 unspecified atom stereocenters. The van der Waals surface area contributed by atoms with Gasteiger partial charge in [-0.25, -0.2) is 0 Å². The second-order valence-electron chi connectivity index (χ2n) is 5.20. The van der Waals surface area contributed by atoms with Gasteiger partial charge in [0, 0.05) is 12.2 Å². The lowest BCUT2D eigenvalue weighted by Crippen LogP contribution is -2.19. The van der Waals surface area contributed by atoms with Crippen LogP contribution in [0.1, 0.15) is 45.3 Å². The maximum absolute atomic E-state index is 4.39. The van der Waals surface area contributed by atoms with Crippen molar-refractivity contribution in [2.45, 2.75) is 39.7 Å². The number of rotatable bonds is 4. The number of aromatic nitrogens is 1. The molecule has 0 aliphatic heterocycles. The van der Waals surface area contributed by atoms with Gasteiger partial charge in [0.05, 0.1) is 5.69 Å². The van der Waals surface area contributed by atoms with Crippen molar-refractivity contribution in [2.75, 3.05) is 7.05 Å². The highest BCUT2D eigenvalue weighted by molar-refractivity contribution is 5.08. The van der Waals surface area contributed by atoms with Crippen LogP contribution in [0.25, 0.3) is 0 Å². The normalized spacial score (nSPS) is 13.9. The first-order valence-corrected chi connectivity index (χ1v) is 5.61. The van der Waals surface area contributed by atoms with Crippen LogP contribution in [0.2, 0.25) is 0 Å². The van der Waals surface area contributed by atoms with E-state index in [-0.39, 0.29) is 0 Å². The molecular weight excluding hydrogens is 184 g/mol. The summed E-state index contributed by atoms with van der Waals surface area (Å²) >= 11 is 0. The van der Waals surface area contributed by atoms with Gasteiger partial charge in [-0.3, -0.25) is 4.98 Å². The summed E-state index contributed by atoms with van der Waals surface area (Å²) in [6, 6.07) is 6.47. The number of hydrogen-bond acceptors (Lipinski definition) is 2. The molecule has 0 spiro atoms. The van der Waals surface area contributed by atoms with E-state index in [0.29, 0.717) is 11.5 Å². The Hall–Kier alpha value is -0.890. The lowest BCUT2D eigenvalue weighted by molar-refractivity contribution is 0.336. The molecule has 1 atom stereocenters. The second-order valence-corrected chi connectivity index (χ2v) is 5.20. The molecule has 2 nitrogen and oxygen atoms in total. The topological polar surface area (TPSA) is 24.9 Å². The third kappa shape index (κ3) is 4.43. The van der Waals surface area contributed by atoms with Gasteiger partial charge in [-0.2, -0.15) is 0 Å². The summed E-state index contributed by atoms with van der Waals surface area (Å²) in [7, 11) is 2.00. The fourth-order valence-corrected chi connectivity index (χ4v) is 1.60. The molecule has 0 saturated carbocycles. The molecule has 1 aromatic heterocycles. The molecule has 0 saturated heterocycles. The van der Waals surface area contributed by atoms with Crippen LogP contribution < -0.4 is 5.32 Å². The van der Waals surface area contributed by atoms with Gasteiger partial charge in [0.2, 0.25) is 0 Å². The van der Waals surface area contributed by atoms with Crippen LogP contribution in [-0.2, 0) is 0 Å². The molecule has 1 rings (SSSR count). The predicted octanol–water partition coefficient (Wildman–Crippen LogP) is 3.17. The highest BCUT2D eigenvalue weighted by atomic mass is 14.9. The Bertz CT molecular complexity index is 274. The molecular formula is C13H22N2. The number of hydrogen-bond donors (Lipinski definition) is 1. The zero-order valence-electron chi connectivity index (χ0n) is 10.2. The Morgan fingerprint density at radius 1 is 1.33 bits per heavy atom. The summed E-state index contributed by atoms with van der Waals surface area (Å²) in [5, 5.41) is 3.33. The van der Waals surface area contributed by atoms with Crippen molar-refractivity contribution in [1.82, 2.24) is 10.3 Å². The average molecular weight is 206 g/mol. The van der Waals surface area contributed by atoms with E-state index in [1.54, 1.807) is 0 Å². The summed E-state index contributed by atoms with van der Waals surface area (Å²) in [6.07, 6.45) is 4.20. The highest BCUT2D eigenvalue weighted by Gasteiger charge is 2.15. The molecule has 2 heteroatoms. The Labute approximate surface area is 93.1 Å². The number of pyridine rings is 1. The molecule has 0 amide bonds. The highest BCUT2D eigenvalue weighted by Crippen LogP contribution is 2.26. The van der Waals surface area contributed by atoms with Crippen molar-refractivity contribution in [2.24, 2.45) is 5.41 Å². The van der Waals surface area contributed by atoms with Gasteiger partial charge in [0.15, 0.2) is 0 Å². The van der Waals surface area contributed by atoms with Crippen molar-refractivity contribution >= 4 is 0 Å². The van der Waals surface area contributed by atoms with Crippen LogP contribution in [0.4, 0.5) is 0 Å². The SMILES string of the molecule is CNC(CCC(C)(C)C)c1ccccn1. The van der Waals surface area contributed by atoms with Gasteiger partial charge >= 0.3 is 0 Å². The van der Waals surface area contributed by atoms with Gasteiger partial charge in [0.1, 0.15) is 0 Å². The first kappa shape index (κ1) is 12.2. The van der Waals surface area contributed by atoms with Gasteiger partial charge in [-0.1, -0.05) is 26.8 Å². The average Bonchev–Trinajstić information content (AvgIpc) is 2.19. The fraction of sp³-hybridized carbons (Fsp3) is 0.615. The monoisotopic (exact) mass is 206 g/mol. The smallest absolute Gasteiger partial charge is 0.0573 e. The van der Waals surface area contributed by atoms with E-state index >= 15 is 0 Å². The zero-order chi connectivity index (χ0) is 11.3. The Morgan fingerprint density at radius 3 is 2.53 bits per heavy atom. The Balaban J connectivity index is 2.58. The quantitative estimate of drug-likeness (QED) is 0.818. The lowest BCUT2D eigenvalue weighted by atomic mass is 9.88.